The third-order valence-electron chi connectivity index (χ3n) is 7.85. The van der Waals surface area contributed by atoms with Gasteiger partial charge < -0.3 is 20.4 Å². The van der Waals surface area contributed by atoms with Gasteiger partial charge in [-0.1, -0.05) is 43.2 Å². The van der Waals surface area contributed by atoms with Crippen LogP contribution in [-0.2, 0) is 5.54 Å². The highest BCUT2D eigenvalue weighted by molar-refractivity contribution is 7.20. The van der Waals surface area contributed by atoms with Gasteiger partial charge in [0.2, 0.25) is 0 Å². The van der Waals surface area contributed by atoms with Gasteiger partial charge in [0.25, 0.3) is 11.8 Å². The molecule has 2 aliphatic rings. The summed E-state index contributed by atoms with van der Waals surface area (Å²) in [5, 5.41) is 14.3. The minimum atomic E-state index is -0.334. The maximum Gasteiger partial charge on any atom is 0.262 e. The summed E-state index contributed by atoms with van der Waals surface area (Å²) in [4.78, 5) is 32.3. The van der Waals surface area contributed by atoms with Crippen LogP contribution in [0.5, 0.6) is 0 Å². The number of nitrogens with zero attached hydrogens (tertiary/aromatic N) is 3. The molecule has 3 N–H and O–H groups in total. The second-order valence-electron chi connectivity index (χ2n) is 10.3. The number of rotatable bonds is 6. The molecule has 3 heterocycles. The average Bonchev–Trinajstić information content (AvgIpc) is 3.68. The Kier molecular flexibility index (Phi) is 6.63. The van der Waals surface area contributed by atoms with E-state index in [2.05, 4.69) is 49.8 Å². The van der Waals surface area contributed by atoms with Gasteiger partial charge in [-0.3, -0.25) is 14.7 Å². The van der Waals surface area contributed by atoms with Crippen LogP contribution >= 0.6 is 11.3 Å². The van der Waals surface area contributed by atoms with Crippen LogP contribution in [-0.4, -0.2) is 60.1 Å². The molecule has 0 bridgehead atoms. The molecule has 1 saturated carbocycles. The lowest BCUT2D eigenvalue weighted by Gasteiger charge is -2.34. The Bertz CT molecular complexity index is 1430. The van der Waals surface area contributed by atoms with Gasteiger partial charge in [-0.2, -0.15) is 5.10 Å². The third kappa shape index (κ3) is 4.79. The van der Waals surface area contributed by atoms with Crippen LogP contribution in [0.1, 0.15) is 51.3 Å². The lowest BCUT2D eigenvalue weighted by atomic mass is 9.88. The van der Waals surface area contributed by atoms with E-state index in [1.807, 2.05) is 48.5 Å². The van der Waals surface area contributed by atoms with E-state index in [-0.39, 0.29) is 17.4 Å². The number of benzene rings is 2. The van der Waals surface area contributed by atoms with Gasteiger partial charge in [0.05, 0.1) is 15.8 Å². The highest BCUT2D eigenvalue weighted by Crippen LogP contribution is 2.39. The largest absolute Gasteiger partial charge is 0.369 e. The first kappa shape index (κ1) is 24.6. The number of nitrogens with one attached hydrogen (secondary N) is 3. The summed E-state index contributed by atoms with van der Waals surface area (Å²) in [6.07, 6.45) is 4.05. The molecule has 4 aromatic rings. The van der Waals surface area contributed by atoms with E-state index in [4.69, 9.17) is 0 Å². The number of fused-ring (bicyclic) bond motifs is 1. The second kappa shape index (κ2) is 10.2. The highest BCUT2D eigenvalue weighted by Gasteiger charge is 2.37. The number of carbonyl (C=O) groups is 2. The van der Waals surface area contributed by atoms with Crippen molar-refractivity contribution < 1.29 is 9.59 Å². The quantitative estimate of drug-likeness (QED) is 0.333. The topological polar surface area (TPSA) is 93.4 Å². The number of carbonyl (C=O) groups excluding carboxylic acids is 2. The third-order valence-corrected chi connectivity index (χ3v) is 8.88. The minimum Gasteiger partial charge on any atom is -0.369 e. The number of amides is 2. The van der Waals surface area contributed by atoms with E-state index in [1.165, 1.54) is 11.3 Å². The first-order valence-corrected chi connectivity index (χ1v) is 14.0. The fourth-order valence-electron chi connectivity index (χ4n) is 5.59. The Balaban J connectivity index is 1.15. The van der Waals surface area contributed by atoms with Crippen molar-refractivity contribution in [2.75, 3.05) is 43.4 Å². The van der Waals surface area contributed by atoms with Crippen LogP contribution in [0.15, 0.2) is 60.7 Å². The average molecular weight is 529 g/mol. The van der Waals surface area contributed by atoms with Gasteiger partial charge in [-0.05, 0) is 55.8 Å². The van der Waals surface area contributed by atoms with Gasteiger partial charge in [0, 0.05) is 37.4 Å². The normalized spacial score (nSPS) is 17.6. The molecule has 1 aliphatic heterocycles. The van der Waals surface area contributed by atoms with Gasteiger partial charge in [0.15, 0.2) is 0 Å². The van der Waals surface area contributed by atoms with Crippen LogP contribution < -0.4 is 15.5 Å². The molecule has 0 radical (unpaired) electrons. The summed E-state index contributed by atoms with van der Waals surface area (Å²) in [6, 6.07) is 19.8. The fourth-order valence-corrected chi connectivity index (χ4v) is 6.48. The van der Waals surface area contributed by atoms with Gasteiger partial charge in [0.1, 0.15) is 10.6 Å². The molecule has 1 saturated heterocycles. The number of likely N-dealkylation sites (N-methyl/N-ethyl adjacent to an activating group) is 1. The van der Waals surface area contributed by atoms with Crippen molar-refractivity contribution in [1.29, 1.82) is 0 Å². The summed E-state index contributed by atoms with van der Waals surface area (Å²) in [6.45, 7) is 4.03. The SMILES string of the molecule is CN1CCN(c2ccc(C(=O)Nc3[nH]nc4sc(C(=O)NC5(c6ccccc6)CCCC5)cc34)cc2)CC1. The maximum absolute atomic E-state index is 13.3. The molecule has 196 valence electrons. The van der Waals surface area contributed by atoms with Crippen LogP contribution in [0.4, 0.5) is 11.5 Å². The molecule has 0 unspecified atom stereocenters. The number of aromatic amines is 1. The molecule has 8 nitrogen and oxygen atoms in total. The van der Waals surface area contributed by atoms with Crippen molar-refractivity contribution in [3.8, 4) is 0 Å². The first-order valence-electron chi connectivity index (χ1n) is 13.2. The predicted octanol–water partition coefficient (Wildman–Crippen LogP) is 4.83. The van der Waals surface area contributed by atoms with E-state index < -0.39 is 0 Å². The molecule has 2 aromatic heterocycles. The lowest BCUT2D eigenvalue weighted by Crippen LogP contribution is -2.44. The van der Waals surface area contributed by atoms with Gasteiger partial charge >= 0.3 is 0 Å². The van der Waals surface area contributed by atoms with Crippen LogP contribution in [0.2, 0.25) is 0 Å². The number of thiophene rings is 1. The van der Waals surface area contributed by atoms with Crippen LogP contribution in [0.3, 0.4) is 0 Å². The highest BCUT2D eigenvalue weighted by atomic mass is 32.1. The summed E-state index contributed by atoms with van der Waals surface area (Å²) >= 11 is 1.33. The zero-order valence-corrected chi connectivity index (χ0v) is 22.3. The summed E-state index contributed by atoms with van der Waals surface area (Å²) in [7, 11) is 2.14. The van der Waals surface area contributed by atoms with E-state index in [0.717, 1.165) is 68.5 Å². The molecular weight excluding hydrogens is 496 g/mol. The molecule has 9 heteroatoms. The number of anilines is 2. The van der Waals surface area contributed by atoms with E-state index in [1.54, 1.807) is 0 Å². The van der Waals surface area contributed by atoms with Crippen LogP contribution in [0.25, 0.3) is 10.2 Å². The molecule has 1 aliphatic carbocycles. The number of hydrogen-bond donors (Lipinski definition) is 3. The molecule has 2 fully saturated rings. The standard InChI is InChI=1S/C29H32N6O2S/c1-34-15-17-35(18-16-34)22-11-9-20(10-12-22)26(36)30-25-23-19-24(38-28(23)33-32-25)27(37)31-29(13-5-6-14-29)21-7-3-2-4-8-21/h2-4,7-12,19H,5-6,13-18H2,1H3,(H,31,37)(H2,30,32,33,36). The van der Waals surface area contributed by atoms with Crippen LogP contribution in [0, 0.1) is 0 Å². The number of aromatic nitrogens is 2. The Labute approximate surface area is 226 Å². The Morgan fingerprint density at radius 1 is 0.947 bits per heavy atom. The first-order chi connectivity index (χ1) is 18.5. The molecule has 2 aromatic carbocycles. The molecule has 38 heavy (non-hydrogen) atoms. The zero-order valence-electron chi connectivity index (χ0n) is 21.5. The summed E-state index contributed by atoms with van der Waals surface area (Å²) < 4.78 is 0. The number of piperazine rings is 1. The lowest BCUT2D eigenvalue weighted by molar-refractivity contribution is 0.0902. The fraction of sp³-hybridized carbons (Fsp3) is 0.345. The monoisotopic (exact) mass is 528 g/mol. The Morgan fingerprint density at radius 3 is 2.37 bits per heavy atom. The number of H-pyrrole nitrogens is 1. The van der Waals surface area contributed by atoms with Crippen molar-refractivity contribution in [3.63, 3.8) is 0 Å². The predicted molar refractivity (Wildman–Crippen MR) is 152 cm³/mol. The zero-order chi connectivity index (χ0) is 26.1. The molecule has 0 atom stereocenters. The molecule has 0 spiro atoms. The van der Waals surface area contributed by atoms with Crippen molar-refractivity contribution in [3.05, 3.63) is 76.7 Å². The summed E-state index contributed by atoms with van der Waals surface area (Å²) in [5.41, 5.74) is 2.52. The van der Waals surface area contributed by atoms with Crippen molar-refractivity contribution in [2.45, 2.75) is 31.2 Å². The van der Waals surface area contributed by atoms with Crippen molar-refractivity contribution >= 4 is 44.9 Å². The summed E-state index contributed by atoms with van der Waals surface area (Å²) in [5.74, 6) is 0.185. The molecule has 2 amide bonds. The minimum absolute atomic E-state index is 0.101. The maximum atomic E-state index is 13.3. The van der Waals surface area contributed by atoms with Crippen molar-refractivity contribution in [1.82, 2.24) is 20.4 Å². The van der Waals surface area contributed by atoms with E-state index >= 15 is 0 Å². The number of hydrogen-bond acceptors (Lipinski definition) is 6. The molecule has 6 rings (SSSR count). The van der Waals surface area contributed by atoms with Gasteiger partial charge in [-0.15, -0.1) is 11.3 Å². The Hall–Kier alpha value is -3.69. The Morgan fingerprint density at radius 2 is 1.66 bits per heavy atom. The smallest absolute Gasteiger partial charge is 0.262 e. The van der Waals surface area contributed by atoms with E-state index in [9.17, 15) is 9.59 Å². The van der Waals surface area contributed by atoms with Gasteiger partial charge in [-0.25, -0.2) is 0 Å². The van der Waals surface area contributed by atoms with Crippen molar-refractivity contribution in [2.24, 2.45) is 0 Å². The second-order valence-corrected chi connectivity index (χ2v) is 11.4. The molecular formula is C29H32N6O2S. The van der Waals surface area contributed by atoms with E-state index in [0.29, 0.717) is 21.1 Å².